The van der Waals surface area contributed by atoms with Crippen molar-refractivity contribution in [1.29, 1.82) is 0 Å². The van der Waals surface area contributed by atoms with Crippen LogP contribution < -0.4 is 21.3 Å². The van der Waals surface area contributed by atoms with E-state index in [1.54, 1.807) is 24.3 Å². The fourth-order valence-electron chi connectivity index (χ4n) is 7.27. The molecule has 1 atom stereocenters. The molecule has 0 spiro atoms. The van der Waals surface area contributed by atoms with Crippen molar-refractivity contribution < 1.29 is 23.9 Å². The molecule has 1 unspecified atom stereocenters. The summed E-state index contributed by atoms with van der Waals surface area (Å²) in [5.41, 5.74) is 3.94. The lowest BCUT2D eigenvalue weighted by Crippen LogP contribution is -2.48. The van der Waals surface area contributed by atoms with Crippen molar-refractivity contribution in [3.63, 3.8) is 0 Å². The maximum absolute atomic E-state index is 13.9. The van der Waals surface area contributed by atoms with E-state index in [2.05, 4.69) is 46.8 Å². The van der Waals surface area contributed by atoms with Gasteiger partial charge in [-0.25, -0.2) is 4.79 Å². The number of ether oxygens (including phenoxy) is 1. The number of nitrogens with zero attached hydrogens (tertiary/aromatic N) is 4. The SMILES string of the molecule is CC(C)(C)OC(=O)NCC1CCC(C(=O)NC(Cc2cccc(-c3cccc(C(=O)NCCN4CCCC4)c3)c2)C(=O)Nc2ccc(-c3nn[nH]n3)cc2)CC1. The Labute approximate surface area is 327 Å². The van der Waals surface area contributed by atoms with E-state index < -0.39 is 17.7 Å². The van der Waals surface area contributed by atoms with Crippen LogP contribution in [0, 0.1) is 11.8 Å². The van der Waals surface area contributed by atoms with Gasteiger partial charge in [0.15, 0.2) is 0 Å². The molecule has 0 radical (unpaired) electrons. The molecule has 1 aliphatic carbocycles. The fourth-order valence-corrected chi connectivity index (χ4v) is 7.27. The number of rotatable bonds is 14. The second-order valence-corrected chi connectivity index (χ2v) is 15.8. The Bertz CT molecular complexity index is 1930. The van der Waals surface area contributed by atoms with Gasteiger partial charge in [0, 0.05) is 48.8 Å². The maximum Gasteiger partial charge on any atom is 0.407 e. The number of benzene rings is 3. The van der Waals surface area contributed by atoms with Gasteiger partial charge in [-0.05, 0) is 137 Å². The molecule has 1 saturated heterocycles. The third-order valence-electron chi connectivity index (χ3n) is 10.3. The number of hydrogen-bond acceptors (Lipinski definition) is 9. The molecule has 1 aromatic heterocycles. The van der Waals surface area contributed by atoms with Gasteiger partial charge in [0.25, 0.3) is 5.91 Å². The predicted molar refractivity (Wildman–Crippen MR) is 213 cm³/mol. The number of likely N-dealkylation sites (tertiary alicyclic amines) is 1. The van der Waals surface area contributed by atoms with Crippen molar-refractivity contribution in [3.8, 4) is 22.5 Å². The first-order chi connectivity index (χ1) is 27.0. The average Bonchev–Trinajstić information content (AvgIpc) is 3.93. The van der Waals surface area contributed by atoms with Gasteiger partial charge in [0.05, 0.1) is 0 Å². The number of aromatic nitrogens is 4. The van der Waals surface area contributed by atoms with Crippen LogP contribution >= 0.6 is 0 Å². The number of carbonyl (C=O) groups is 4. The van der Waals surface area contributed by atoms with E-state index >= 15 is 0 Å². The number of aromatic amines is 1. The Balaban J connectivity index is 1.11. The van der Waals surface area contributed by atoms with E-state index in [-0.39, 0.29) is 36.0 Å². The van der Waals surface area contributed by atoms with Crippen LogP contribution in [0.4, 0.5) is 10.5 Å². The number of amides is 4. The minimum absolute atomic E-state index is 0.111. The van der Waals surface area contributed by atoms with Crippen molar-refractivity contribution in [3.05, 3.63) is 83.9 Å². The first-order valence-electron chi connectivity index (χ1n) is 19.6. The second-order valence-electron chi connectivity index (χ2n) is 15.8. The zero-order chi connectivity index (χ0) is 39.5. The number of tetrazole rings is 1. The summed E-state index contributed by atoms with van der Waals surface area (Å²) in [6, 6.07) is 21.6. The summed E-state index contributed by atoms with van der Waals surface area (Å²) in [5.74, 6) is -0.210. The average molecular weight is 764 g/mol. The van der Waals surface area contributed by atoms with Crippen LogP contribution in [0.3, 0.4) is 0 Å². The van der Waals surface area contributed by atoms with Crippen LogP contribution in [-0.4, -0.2) is 93.7 Å². The van der Waals surface area contributed by atoms with E-state index in [1.807, 2.05) is 69.3 Å². The van der Waals surface area contributed by atoms with Crippen LogP contribution in [0.1, 0.15) is 75.2 Å². The van der Waals surface area contributed by atoms with Crippen molar-refractivity contribution >= 4 is 29.5 Å². The summed E-state index contributed by atoms with van der Waals surface area (Å²) in [6.07, 6.45) is 5.07. The quantitative estimate of drug-likeness (QED) is 0.113. The van der Waals surface area contributed by atoms with E-state index in [0.717, 1.165) is 54.7 Å². The molecular weight excluding hydrogens is 711 g/mol. The maximum atomic E-state index is 13.9. The summed E-state index contributed by atoms with van der Waals surface area (Å²) in [5, 5.41) is 26.0. The van der Waals surface area contributed by atoms with Gasteiger partial charge in [-0.3, -0.25) is 14.4 Å². The Hall–Kier alpha value is -5.63. The molecular formula is C42H53N9O5. The topological polar surface area (TPSA) is 183 Å². The van der Waals surface area contributed by atoms with Crippen LogP contribution in [0.2, 0.25) is 0 Å². The smallest absolute Gasteiger partial charge is 0.407 e. The molecule has 0 bridgehead atoms. The molecule has 2 heterocycles. The summed E-state index contributed by atoms with van der Waals surface area (Å²) in [7, 11) is 0. The summed E-state index contributed by atoms with van der Waals surface area (Å²) < 4.78 is 5.36. The summed E-state index contributed by atoms with van der Waals surface area (Å²) in [4.78, 5) is 55.2. The second kappa shape index (κ2) is 18.8. The number of hydrogen-bond donors (Lipinski definition) is 5. The highest BCUT2D eigenvalue weighted by molar-refractivity contribution is 5.98. The lowest BCUT2D eigenvalue weighted by atomic mass is 9.81. The highest BCUT2D eigenvalue weighted by Gasteiger charge is 2.30. The molecule has 296 valence electrons. The van der Waals surface area contributed by atoms with Gasteiger partial charge in [-0.2, -0.15) is 5.21 Å². The van der Waals surface area contributed by atoms with Crippen molar-refractivity contribution in [1.82, 2.24) is 41.5 Å². The Morgan fingerprint density at radius 2 is 1.59 bits per heavy atom. The number of carbonyl (C=O) groups excluding carboxylic acids is 4. The predicted octanol–water partition coefficient (Wildman–Crippen LogP) is 5.36. The van der Waals surface area contributed by atoms with Gasteiger partial charge in [-0.1, -0.05) is 36.4 Å². The molecule has 14 heteroatoms. The minimum Gasteiger partial charge on any atom is -0.444 e. The van der Waals surface area contributed by atoms with Crippen molar-refractivity contribution in [2.75, 3.05) is 38.0 Å². The molecule has 14 nitrogen and oxygen atoms in total. The lowest BCUT2D eigenvalue weighted by molar-refractivity contribution is -0.130. The molecule has 56 heavy (non-hydrogen) atoms. The number of anilines is 1. The van der Waals surface area contributed by atoms with E-state index in [1.165, 1.54) is 12.8 Å². The monoisotopic (exact) mass is 763 g/mol. The molecule has 4 aromatic rings. The van der Waals surface area contributed by atoms with E-state index in [0.29, 0.717) is 43.0 Å². The number of alkyl carbamates (subject to hydrolysis) is 1. The van der Waals surface area contributed by atoms with Crippen LogP contribution in [0.15, 0.2) is 72.8 Å². The highest BCUT2D eigenvalue weighted by Crippen LogP contribution is 2.29. The van der Waals surface area contributed by atoms with E-state index in [4.69, 9.17) is 4.74 Å². The van der Waals surface area contributed by atoms with Crippen molar-refractivity contribution in [2.24, 2.45) is 11.8 Å². The van der Waals surface area contributed by atoms with Crippen LogP contribution in [0.25, 0.3) is 22.5 Å². The largest absolute Gasteiger partial charge is 0.444 e. The summed E-state index contributed by atoms with van der Waals surface area (Å²) in [6.45, 7) is 9.58. The van der Waals surface area contributed by atoms with Crippen LogP contribution in [0.5, 0.6) is 0 Å². The van der Waals surface area contributed by atoms with Crippen LogP contribution in [-0.2, 0) is 20.7 Å². The molecule has 5 N–H and O–H groups in total. The molecule has 1 saturated carbocycles. The highest BCUT2D eigenvalue weighted by atomic mass is 16.6. The molecule has 3 aromatic carbocycles. The third kappa shape index (κ3) is 11.7. The molecule has 2 aliphatic rings. The first-order valence-corrected chi connectivity index (χ1v) is 19.6. The molecule has 2 fully saturated rings. The Morgan fingerprint density at radius 3 is 2.29 bits per heavy atom. The Morgan fingerprint density at radius 1 is 0.875 bits per heavy atom. The summed E-state index contributed by atoms with van der Waals surface area (Å²) >= 11 is 0. The van der Waals surface area contributed by atoms with Crippen molar-refractivity contribution in [2.45, 2.75) is 77.4 Å². The zero-order valence-electron chi connectivity index (χ0n) is 32.5. The normalized spacial score (nSPS) is 17.8. The molecule has 6 rings (SSSR count). The van der Waals surface area contributed by atoms with Gasteiger partial charge < -0.3 is 30.9 Å². The molecule has 1 aliphatic heterocycles. The molecule has 4 amide bonds. The lowest BCUT2D eigenvalue weighted by Gasteiger charge is -2.29. The number of nitrogens with one attached hydrogen (secondary N) is 5. The van der Waals surface area contributed by atoms with Gasteiger partial charge in [0.1, 0.15) is 11.6 Å². The third-order valence-corrected chi connectivity index (χ3v) is 10.3. The van der Waals surface area contributed by atoms with Gasteiger partial charge >= 0.3 is 6.09 Å². The van der Waals surface area contributed by atoms with Gasteiger partial charge in [-0.15, -0.1) is 10.2 Å². The van der Waals surface area contributed by atoms with Gasteiger partial charge in [0.2, 0.25) is 17.6 Å². The minimum atomic E-state index is -0.867. The van der Waals surface area contributed by atoms with E-state index in [9.17, 15) is 19.2 Å². The first kappa shape index (κ1) is 40.0. The Kier molecular flexibility index (Phi) is 13.4. The zero-order valence-corrected chi connectivity index (χ0v) is 32.5. The fraction of sp³-hybridized carbons (Fsp3) is 0.452. The standard InChI is InChI=1S/C42H53N9O5/c1-42(2,3)56-41(55)44-27-28-12-14-31(15-13-28)39(53)46-36(40(54)45-35-18-16-30(17-19-35)37-47-49-50-48-37)25-29-8-6-9-32(24-29)33-10-7-11-34(26-33)38(52)43-20-23-51-21-4-5-22-51/h6-11,16-19,24,26,28,31,36H,4-5,12-15,20-23,25,27H2,1-3H3,(H,43,52)(H,44,55)(H,45,54)(H,46,53)(H,47,48,49,50). The number of H-pyrrole nitrogens is 1.